The van der Waals surface area contributed by atoms with Crippen LogP contribution in [0.15, 0.2) is 35.3 Å². The zero-order valence-electron chi connectivity index (χ0n) is 55.4. The van der Waals surface area contributed by atoms with E-state index in [1.807, 2.05) is 37.3 Å². The van der Waals surface area contributed by atoms with Crippen molar-refractivity contribution in [2.45, 2.75) is 232 Å². The summed E-state index contributed by atoms with van der Waals surface area (Å²) in [6.45, 7) is 15.5. The number of nitrogens with two attached hydrogens (primary N) is 3. The summed E-state index contributed by atoms with van der Waals surface area (Å²) in [4.78, 5) is 172. The summed E-state index contributed by atoms with van der Waals surface area (Å²) in [5, 5.41) is 40.2. The Labute approximate surface area is 540 Å². The van der Waals surface area contributed by atoms with Gasteiger partial charge in [-0.1, -0.05) is 131 Å². The molecule has 0 radical (unpaired) electrons. The fourth-order valence-electron chi connectivity index (χ4n) is 10.7. The van der Waals surface area contributed by atoms with Crippen molar-refractivity contribution in [2.24, 2.45) is 51.8 Å². The number of primary amides is 1. The van der Waals surface area contributed by atoms with Crippen LogP contribution in [0.4, 0.5) is 0 Å². The van der Waals surface area contributed by atoms with Crippen LogP contribution < -0.4 is 75.7 Å². The van der Waals surface area contributed by atoms with Crippen molar-refractivity contribution in [3.8, 4) is 0 Å². The Kier molecular flexibility index (Phi) is 33.6. The van der Waals surface area contributed by atoms with Crippen LogP contribution >= 0.6 is 0 Å². The van der Waals surface area contributed by atoms with Crippen molar-refractivity contribution in [1.29, 1.82) is 0 Å². The summed E-state index contributed by atoms with van der Waals surface area (Å²) < 4.78 is 5.79. The van der Waals surface area contributed by atoms with Crippen LogP contribution in [0.1, 0.15) is 158 Å². The topological polar surface area (TPSA) is 457 Å². The summed E-state index contributed by atoms with van der Waals surface area (Å²) in [6.07, 6.45) is 3.47. The number of amides is 11. The molecule has 1 aliphatic heterocycles. The fraction of sp³-hybridized carbons (Fsp3) is 0.698. The Morgan fingerprint density at radius 1 is 0.609 bits per heavy atom. The van der Waals surface area contributed by atoms with Crippen LogP contribution in [0.5, 0.6) is 0 Å². The van der Waals surface area contributed by atoms with Crippen LogP contribution in [0.2, 0.25) is 0 Å². The summed E-state index contributed by atoms with van der Waals surface area (Å²) in [6, 6.07) is -5.42. The molecule has 92 heavy (non-hydrogen) atoms. The normalized spacial score (nSPS) is 21.8. The fourth-order valence-corrected chi connectivity index (χ4v) is 10.7. The monoisotopic (exact) mass is 1300 g/mol. The SMILES string of the molecule is CC[C@H](C)[C@H](NC(=O)[C@@H](Cc1ccccc1)NC)C(=O)N[C@@H](CCCN=C(N)N)C(=O)N[C@H](CCC(N)=O)C(=O)N[C@@H](C(=O)N[C@H](C(=O)N[C@@H](CO)C(=O)N[C@H]1C(=O)N[C@@H](C)C(=O)N[C@@H](C2CCCCC2)C(=O)N[C@@H]([C@@H](C)CC)C(=O)O[C@H]1C)[C@@H](C)CC)[C@@H](C)CC. The lowest BCUT2D eigenvalue weighted by Gasteiger charge is -2.32. The van der Waals surface area contributed by atoms with Gasteiger partial charge in [0, 0.05) is 13.0 Å². The van der Waals surface area contributed by atoms with E-state index in [9.17, 15) is 62.6 Å². The number of esters is 1. The van der Waals surface area contributed by atoms with E-state index in [0.717, 1.165) is 24.8 Å². The van der Waals surface area contributed by atoms with Gasteiger partial charge in [-0.05, 0) is 94.6 Å². The molecule has 1 saturated carbocycles. The first-order valence-corrected chi connectivity index (χ1v) is 32.5. The standard InChI is InChI=1S/C63H105N15O14/c1-12-33(5)46(74-55(84)43(67-11)31-39-23-18-16-19-24-39)57(86)71-41(27-22-30-68-63(65)66)53(82)70-42(28-29-45(64)80)54(83)73-48(35(7)14-3)59(88)75-47(34(6)13-2)58(87)72-44(32-79)56(85)77-50-38(10)92-62(91)49(36(8)15-4)76-61(90)51(40-25-20-17-21-26-40)78-52(81)37(9)69-60(50)89/h16,18-19,23-24,33-38,40-44,46-51,67,79H,12-15,17,20-22,25-32H2,1-11H3,(H2,64,80)(H,69,89)(H,70,82)(H,71,86)(H,72,87)(H,73,83)(H,74,84)(H,75,88)(H,76,90)(H,77,85)(H,78,81)(H4,65,66,68)/t33-,34-,35-,36-,37-,38-,41-,42+,43+,44-,46-,47-,48+,49-,50+,51-/m0/s1. The van der Waals surface area contributed by atoms with E-state index in [-0.39, 0.29) is 50.5 Å². The number of benzene rings is 1. The van der Waals surface area contributed by atoms with Crippen molar-refractivity contribution in [3.05, 3.63) is 35.9 Å². The van der Waals surface area contributed by atoms with Crippen LogP contribution in [0, 0.1) is 29.6 Å². The Hall–Kier alpha value is -7.95. The molecule has 29 heteroatoms. The third kappa shape index (κ3) is 24.6. The molecule has 18 N–H and O–H groups in total. The number of nitrogens with one attached hydrogen (secondary N) is 11. The molecular formula is C63H105N15O14. The number of carbonyl (C=O) groups excluding carboxylic acids is 12. The molecule has 2 fully saturated rings. The largest absolute Gasteiger partial charge is 0.458 e. The first-order chi connectivity index (χ1) is 43.5. The minimum atomic E-state index is -1.80. The second-order valence-electron chi connectivity index (χ2n) is 24.6. The molecule has 1 saturated heterocycles. The molecule has 29 nitrogen and oxygen atoms in total. The molecule has 0 spiro atoms. The number of cyclic esters (lactones) is 1. The van der Waals surface area contributed by atoms with E-state index < -0.39 is 180 Å². The van der Waals surface area contributed by atoms with Gasteiger partial charge >= 0.3 is 5.97 Å². The first kappa shape index (κ1) is 78.3. The van der Waals surface area contributed by atoms with Gasteiger partial charge in [0.05, 0.1) is 12.6 Å². The van der Waals surface area contributed by atoms with Gasteiger partial charge in [-0.3, -0.25) is 57.7 Å². The minimum absolute atomic E-state index is 0.0414. The van der Waals surface area contributed by atoms with E-state index in [1.54, 1.807) is 55.5 Å². The van der Waals surface area contributed by atoms with Gasteiger partial charge in [-0.25, -0.2) is 4.79 Å². The average molecular weight is 1300 g/mol. The van der Waals surface area contributed by atoms with Gasteiger partial charge in [0.15, 0.2) is 5.96 Å². The number of rotatable bonds is 34. The molecule has 1 aromatic carbocycles. The highest BCUT2D eigenvalue weighted by Crippen LogP contribution is 2.28. The van der Waals surface area contributed by atoms with Crippen LogP contribution in [0.3, 0.4) is 0 Å². The molecule has 1 heterocycles. The van der Waals surface area contributed by atoms with Gasteiger partial charge in [0.1, 0.15) is 66.5 Å². The second-order valence-corrected chi connectivity index (χ2v) is 24.6. The number of hydrogen-bond acceptors (Lipinski definition) is 16. The lowest BCUT2D eigenvalue weighted by molar-refractivity contribution is -0.157. The predicted octanol–water partition coefficient (Wildman–Crippen LogP) is -1.29. The number of aliphatic imine (C=N–C) groups is 1. The summed E-state index contributed by atoms with van der Waals surface area (Å²) in [5.41, 5.74) is 17.5. The minimum Gasteiger partial charge on any atom is -0.458 e. The Balaban J connectivity index is 1.91. The number of ether oxygens (including phenoxy) is 1. The van der Waals surface area contributed by atoms with Crippen molar-refractivity contribution in [1.82, 2.24) is 58.5 Å². The van der Waals surface area contributed by atoms with Gasteiger partial charge < -0.3 is 85.5 Å². The lowest BCUT2D eigenvalue weighted by atomic mass is 9.83. The second kappa shape index (κ2) is 39.4. The molecule has 16 atom stereocenters. The van der Waals surface area contributed by atoms with Crippen molar-refractivity contribution in [2.75, 3.05) is 20.2 Å². The third-order valence-corrected chi connectivity index (χ3v) is 17.6. The van der Waals surface area contributed by atoms with Crippen molar-refractivity contribution >= 4 is 76.9 Å². The van der Waals surface area contributed by atoms with Crippen LogP contribution in [-0.4, -0.2) is 175 Å². The Morgan fingerprint density at radius 2 is 1.11 bits per heavy atom. The number of nitrogens with zero attached hydrogens (tertiary/aromatic N) is 1. The summed E-state index contributed by atoms with van der Waals surface area (Å²) >= 11 is 0. The highest BCUT2D eigenvalue weighted by Gasteiger charge is 2.42. The molecular weight excluding hydrogens is 1190 g/mol. The number of hydrogen-bond donors (Lipinski definition) is 15. The number of likely N-dealkylation sites (N-methyl/N-ethyl adjacent to an activating group) is 1. The van der Waals surface area contributed by atoms with Gasteiger partial charge in [-0.15, -0.1) is 0 Å². The van der Waals surface area contributed by atoms with Gasteiger partial charge in [0.25, 0.3) is 0 Å². The van der Waals surface area contributed by atoms with Gasteiger partial charge in [-0.2, -0.15) is 0 Å². The quantitative estimate of drug-likeness (QED) is 0.0165. The van der Waals surface area contributed by atoms with Crippen molar-refractivity contribution < 1.29 is 67.4 Å². The van der Waals surface area contributed by atoms with Crippen LogP contribution in [0.25, 0.3) is 0 Å². The molecule has 0 unspecified atom stereocenters. The Bertz CT molecular complexity index is 2680. The smallest absolute Gasteiger partial charge is 0.329 e. The summed E-state index contributed by atoms with van der Waals surface area (Å²) in [5.74, 6) is -12.7. The highest BCUT2D eigenvalue weighted by atomic mass is 16.5. The maximum atomic E-state index is 14.6. The molecule has 516 valence electrons. The van der Waals surface area contributed by atoms with E-state index in [4.69, 9.17) is 21.9 Å². The molecule has 0 aromatic heterocycles. The lowest BCUT2D eigenvalue weighted by Crippen LogP contribution is -2.63. The zero-order chi connectivity index (χ0) is 68.9. The van der Waals surface area contributed by atoms with E-state index in [1.165, 1.54) is 13.8 Å². The van der Waals surface area contributed by atoms with Crippen LogP contribution in [-0.2, 0) is 68.7 Å². The summed E-state index contributed by atoms with van der Waals surface area (Å²) in [7, 11) is 1.62. The highest BCUT2D eigenvalue weighted by molar-refractivity contribution is 5.99. The van der Waals surface area contributed by atoms with E-state index in [0.29, 0.717) is 32.1 Å². The van der Waals surface area contributed by atoms with Crippen molar-refractivity contribution in [3.63, 3.8) is 0 Å². The third-order valence-electron chi connectivity index (χ3n) is 17.6. The maximum Gasteiger partial charge on any atom is 0.329 e. The number of guanidine groups is 1. The molecule has 0 bridgehead atoms. The predicted molar refractivity (Wildman–Crippen MR) is 343 cm³/mol. The van der Waals surface area contributed by atoms with Gasteiger partial charge in [0.2, 0.25) is 65.0 Å². The molecule has 11 amide bonds. The molecule has 1 aliphatic carbocycles. The molecule has 3 rings (SSSR count). The van der Waals surface area contributed by atoms with E-state index >= 15 is 0 Å². The Morgan fingerprint density at radius 3 is 1.62 bits per heavy atom. The number of carbonyl (C=O) groups is 12. The maximum absolute atomic E-state index is 14.6. The number of aliphatic hydroxyl groups excluding tert-OH is 1. The zero-order valence-corrected chi connectivity index (χ0v) is 55.4. The first-order valence-electron chi connectivity index (χ1n) is 32.5. The molecule has 2 aliphatic rings. The average Bonchev–Trinajstić information content (AvgIpc) is 1.43. The number of aliphatic hydroxyl groups is 1. The molecule has 1 aromatic rings. The van der Waals surface area contributed by atoms with E-state index in [2.05, 4.69) is 63.5 Å².